The van der Waals surface area contributed by atoms with E-state index in [0.717, 1.165) is 18.9 Å². The van der Waals surface area contributed by atoms with Crippen molar-refractivity contribution in [3.63, 3.8) is 0 Å². The fourth-order valence-electron chi connectivity index (χ4n) is 2.20. The third-order valence-corrected chi connectivity index (χ3v) is 3.31. The predicted octanol–water partition coefficient (Wildman–Crippen LogP) is 4.56. The molecule has 5 heteroatoms. The van der Waals surface area contributed by atoms with Crippen LogP contribution in [0.4, 0.5) is 13.2 Å². The van der Waals surface area contributed by atoms with Crippen LogP contribution in [0.5, 0.6) is 0 Å². The Morgan fingerprint density at radius 2 is 1.95 bits per heavy atom. The second-order valence-electron chi connectivity index (χ2n) is 5.17. The molecule has 0 fully saturated rings. The van der Waals surface area contributed by atoms with Crippen LogP contribution in [0.25, 0.3) is 0 Å². The van der Waals surface area contributed by atoms with Crippen molar-refractivity contribution in [3.05, 3.63) is 35.4 Å². The number of nitrogens with one attached hydrogen (secondary N) is 1. The van der Waals surface area contributed by atoms with Crippen molar-refractivity contribution in [1.29, 1.82) is 0 Å². The summed E-state index contributed by atoms with van der Waals surface area (Å²) in [4.78, 5) is 0. The average molecular weight is 303 g/mol. The molecule has 0 radical (unpaired) electrons. The summed E-state index contributed by atoms with van der Waals surface area (Å²) < 4.78 is 44.1. The Hall–Kier alpha value is -1.07. The maximum Gasteiger partial charge on any atom is 0.416 e. The second kappa shape index (κ2) is 8.39. The molecule has 1 N–H and O–H groups in total. The minimum atomic E-state index is -4.32. The van der Waals surface area contributed by atoms with Gasteiger partial charge in [0.1, 0.15) is 0 Å². The van der Waals surface area contributed by atoms with Crippen molar-refractivity contribution >= 4 is 0 Å². The van der Waals surface area contributed by atoms with Crippen LogP contribution >= 0.6 is 0 Å². The van der Waals surface area contributed by atoms with Gasteiger partial charge in [-0.3, -0.25) is 0 Å². The largest absolute Gasteiger partial charge is 0.416 e. The molecule has 0 aliphatic carbocycles. The highest BCUT2D eigenvalue weighted by atomic mass is 19.4. The van der Waals surface area contributed by atoms with Crippen LogP contribution in [0.1, 0.15) is 50.8 Å². The molecule has 0 saturated heterocycles. The van der Waals surface area contributed by atoms with Gasteiger partial charge in [0.15, 0.2) is 0 Å². The molecule has 21 heavy (non-hydrogen) atoms. The molecule has 1 aromatic rings. The van der Waals surface area contributed by atoms with Crippen LogP contribution in [0.3, 0.4) is 0 Å². The van der Waals surface area contributed by atoms with Gasteiger partial charge in [0.2, 0.25) is 0 Å². The first-order chi connectivity index (χ1) is 9.88. The zero-order valence-electron chi connectivity index (χ0n) is 12.8. The van der Waals surface area contributed by atoms with E-state index in [1.807, 2.05) is 13.8 Å². The van der Waals surface area contributed by atoms with E-state index in [4.69, 9.17) is 4.74 Å². The summed E-state index contributed by atoms with van der Waals surface area (Å²) in [5.41, 5.74) is -0.0140. The third kappa shape index (κ3) is 6.06. The minimum Gasteiger partial charge on any atom is -0.377 e. The van der Waals surface area contributed by atoms with E-state index in [9.17, 15) is 13.2 Å². The lowest BCUT2D eigenvalue weighted by Crippen LogP contribution is -2.27. The normalized spacial score (nSPS) is 15.0. The Morgan fingerprint density at radius 3 is 2.52 bits per heavy atom. The maximum atomic E-state index is 12.8. The van der Waals surface area contributed by atoms with Gasteiger partial charge in [0.25, 0.3) is 0 Å². The molecule has 120 valence electrons. The smallest absolute Gasteiger partial charge is 0.377 e. The molecule has 0 aliphatic heterocycles. The number of alkyl halides is 3. The van der Waals surface area contributed by atoms with Crippen molar-refractivity contribution in [2.75, 3.05) is 13.2 Å². The number of likely N-dealkylation sites (N-methyl/N-ethyl adjacent to an activating group) is 1. The van der Waals surface area contributed by atoms with Gasteiger partial charge in [0, 0.05) is 0 Å². The summed E-state index contributed by atoms with van der Waals surface area (Å²) in [7, 11) is 0. The van der Waals surface area contributed by atoms with Crippen molar-refractivity contribution < 1.29 is 17.9 Å². The van der Waals surface area contributed by atoms with E-state index in [1.165, 1.54) is 12.1 Å². The monoisotopic (exact) mass is 303 g/mol. The zero-order chi connectivity index (χ0) is 15.9. The van der Waals surface area contributed by atoms with Crippen molar-refractivity contribution in [3.8, 4) is 0 Å². The maximum absolute atomic E-state index is 12.8. The van der Waals surface area contributed by atoms with Crippen molar-refractivity contribution in [1.82, 2.24) is 5.32 Å². The summed E-state index contributed by atoms with van der Waals surface area (Å²) in [5.74, 6) is 0. The Labute approximate surface area is 124 Å². The van der Waals surface area contributed by atoms with Gasteiger partial charge in [-0.2, -0.15) is 13.2 Å². The Kier molecular flexibility index (Phi) is 7.18. The van der Waals surface area contributed by atoms with Crippen LogP contribution < -0.4 is 5.32 Å². The molecule has 0 spiro atoms. The van der Waals surface area contributed by atoms with Crippen molar-refractivity contribution in [2.24, 2.45) is 0 Å². The summed E-state index contributed by atoms with van der Waals surface area (Å²) in [6.07, 6.45) is -2.23. The third-order valence-electron chi connectivity index (χ3n) is 3.31. The summed E-state index contributed by atoms with van der Waals surface area (Å²) in [6.45, 7) is 7.03. The Balaban J connectivity index is 2.80. The number of hydrogen-bond acceptors (Lipinski definition) is 2. The fraction of sp³-hybridized carbons (Fsp3) is 0.625. The molecule has 1 rings (SSSR count). The van der Waals surface area contributed by atoms with E-state index in [1.54, 1.807) is 6.07 Å². The first-order valence-electron chi connectivity index (χ1n) is 7.40. The molecular formula is C16H24F3NO. The van der Waals surface area contributed by atoms with Crippen molar-refractivity contribution in [2.45, 2.75) is 51.9 Å². The topological polar surface area (TPSA) is 21.3 Å². The number of hydrogen-bond donors (Lipinski definition) is 1. The summed E-state index contributed by atoms with van der Waals surface area (Å²) in [6, 6.07) is 5.21. The summed E-state index contributed by atoms with van der Waals surface area (Å²) in [5, 5.41) is 3.18. The standard InChI is InChI=1S/C16H24F3NO/c1-4-7-12(3)21-11-15(20-5-2)13-8-6-9-14(10-13)16(17,18)19/h6,8-10,12,15,20H,4-5,7,11H2,1-3H3. The van der Waals surface area contributed by atoms with Crippen LogP contribution in [0, 0.1) is 0 Å². The van der Waals surface area contributed by atoms with E-state index in [-0.39, 0.29) is 12.1 Å². The lowest BCUT2D eigenvalue weighted by molar-refractivity contribution is -0.137. The molecule has 0 aliphatic rings. The molecule has 0 bridgehead atoms. The minimum absolute atomic E-state index is 0.113. The van der Waals surface area contributed by atoms with Crippen LogP contribution in [-0.2, 0) is 10.9 Å². The number of halogens is 3. The first-order valence-corrected chi connectivity index (χ1v) is 7.40. The quantitative estimate of drug-likeness (QED) is 0.760. The van der Waals surface area contributed by atoms with Gasteiger partial charge in [0.05, 0.1) is 24.3 Å². The van der Waals surface area contributed by atoms with Crippen LogP contribution in [-0.4, -0.2) is 19.3 Å². The lowest BCUT2D eigenvalue weighted by Gasteiger charge is -2.22. The number of benzene rings is 1. The molecule has 0 heterocycles. The fourth-order valence-corrected chi connectivity index (χ4v) is 2.20. The van der Waals surface area contributed by atoms with E-state index < -0.39 is 11.7 Å². The molecule has 2 unspecified atom stereocenters. The molecule has 0 saturated carbocycles. The van der Waals surface area contributed by atoms with Gasteiger partial charge in [-0.25, -0.2) is 0 Å². The lowest BCUT2D eigenvalue weighted by atomic mass is 10.0. The second-order valence-corrected chi connectivity index (χ2v) is 5.17. The van der Waals surface area contributed by atoms with E-state index in [0.29, 0.717) is 18.7 Å². The molecule has 0 aromatic heterocycles. The van der Waals surface area contributed by atoms with Crippen LogP contribution in [0.15, 0.2) is 24.3 Å². The highest BCUT2D eigenvalue weighted by Gasteiger charge is 2.31. The average Bonchev–Trinajstić information content (AvgIpc) is 2.43. The molecular weight excluding hydrogens is 279 g/mol. The highest BCUT2D eigenvalue weighted by molar-refractivity contribution is 5.28. The van der Waals surface area contributed by atoms with E-state index >= 15 is 0 Å². The molecule has 1 aromatic carbocycles. The predicted molar refractivity (Wildman–Crippen MR) is 78.2 cm³/mol. The highest BCUT2D eigenvalue weighted by Crippen LogP contribution is 2.30. The SMILES string of the molecule is CCCC(C)OCC(NCC)c1cccc(C(F)(F)F)c1. The van der Waals surface area contributed by atoms with Gasteiger partial charge in [-0.1, -0.05) is 32.4 Å². The van der Waals surface area contributed by atoms with Gasteiger partial charge >= 0.3 is 6.18 Å². The molecule has 0 amide bonds. The van der Waals surface area contributed by atoms with Crippen LogP contribution in [0.2, 0.25) is 0 Å². The first kappa shape index (κ1) is 18.0. The molecule has 2 atom stereocenters. The number of ether oxygens (including phenoxy) is 1. The molecule has 2 nitrogen and oxygen atoms in total. The zero-order valence-corrected chi connectivity index (χ0v) is 12.8. The Morgan fingerprint density at radius 1 is 1.24 bits per heavy atom. The van der Waals surface area contributed by atoms with Gasteiger partial charge in [-0.05, 0) is 37.6 Å². The summed E-state index contributed by atoms with van der Waals surface area (Å²) >= 11 is 0. The number of rotatable bonds is 8. The Bertz CT molecular complexity index is 420. The van der Waals surface area contributed by atoms with Gasteiger partial charge in [-0.15, -0.1) is 0 Å². The van der Waals surface area contributed by atoms with Gasteiger partial charge < -0.3 is 10.1 Å². The van der Waals surface area contributed by atoms with E-state index in [2.05, 4.69) is 12.2 Å².